The fourth-order valence-electron chi connectivity index (χ4n) is 2.03. The van der Waals surface area contributed by atoms with Gasteiger partial charge >= 0.3 is 5.97 Å². The van der Waals surface area contributed by atoms with Gasteiger partial charge in [0.15, 0.2) is 0 Å². The largest absolute Gasteiger partial charge is 0.481 e. The Kier molecular flexibility index (Phi) is 2.47. The van der Waals surface area contributed by atoms with Gasteiger partial charge in [-0.2, -0.15) is 5.10 Å². The van der Waals surface area contributed by atoms with Gasteiger partial charge in [0.05, 0.1) is 5.92 Å². The van der Waals surface area contributed by atoms with Crippen molar-refractivity contribution in [2.45, 2.75) is 31.6 Å². The molecule has 0 bridgehead atoms. The van der Waals surface area contributed by atoms with E-state index in [1.165, 1.54) is 6.33 Å². The Morgan fingerprint density at radius 1 is 1.43 bits per heavy atom. The van der Waals surface area contributed by atoms with Crippen molar-refractivity contribution in [2.24, 2.45) is 5.92 Å². The molecular formula is C9H13N3O2. The average molecular weight is 195 g/mol. The van der Waals surface area contributed by atoms with Crippen LogP contribution in [0.4, 0.5) is 0 Å². The third-order valence-corrected chi connectivity index (χ3v) is 2.90. The van der Waals surface area contributed by atoms with Gasteiger partial charge in [0, 0.05) is 5.92 Å². The van der Waals surface area contributed by atoms with Crippen molar-refractivity contribution in [1.82, 2.24) is 15.2 Å². The summed E-state index contributed by atoms with van der Waals surface area (Å²) in [7, 11) is 0. The number of hydrogen-bond donors (Lipinski definition) is 2. The van der Waals surface area contributed by atoms with Gasteiger partial charge in [-0.05, 0) is 25.7 Å². The first kappa shape index (κ1) is 9.18. The van der Waals surface area contributed by atoms with E-state index in [0.717, 1.165) is 31.5 Å². The quantitative estimate of drug-likeness (QED) is 0.742. The SMILES string of the molecule is O=C(O)C1CCC(c2ncn[nH]2)CC1. The minimum atomic E-state index is -0.666. The van der Waals surface area contributed by atoms with Crippen LogP contribution in [0.2, 0.25) is 0 Å². The minimum absolute atomic E-state index is 0.158. The Hall–Kier alpha value is -1.39. The van der Waals surface area contributed by atoms with Crippen molar-refractivity contribution < 1.29 is 9.90 Å². The summed E-state index contributed by atoms with van der Waals surface area (Å²) in [6.07, 6.45) is 4.79. The maximum absolute atomic E-state index is 10.7. The zero-order chi connectivity index (χ0) is 9.97. The highest BCUT2D eigenvalue weighted by Gasteiger charge is 2.27. The average Bonchev–Trinajstić information content (AvgIpc) is 2.71. The number of nitrogens with zero attached hydrogens (tertiary/aromatic N) is 2. The Bertz CT molecular complexity index is 302. The van der Waals surface area contributed by atoms with Gasteiger partial charge in [-0.25, -0.2) is 4.98 Å². The van der Waals surface area contributed by atoms with Crippen molar-refractivity contribution in [3.8, 4) is 0 Å². The van der Waals surface area contributed by atoms with E-state index in [1.54, 1.807) is 0 Å². The predicted molar refractivity (Wildman–Crippen MR) is 48.7 cm³/mol. The van der Waals surface area contributed by atoms with E-state index in [0.29, 0.717) is 5.92 Å². The van der Waals surface area contributed by atoms with Gasteiger partial charge in [0.2, 0.25) is 0 Å². The van der Waals surface area contributed by atoms with Crippen molar-refractivity contribution in [3.05, 3.63) is 12.2 Å². The van der Waals surface area contributed by atoms with Crippen LogP contribution in [-0.2, 0) is 4.79 Å². The van der Waals surface area contributed by atoms with E-state index < -0.39 is 5.97 Å². The molecule has 14 heavy (non-hydrogen) atoms. The monoisotopic (exact) mass is 195 g/mol. The van der Waals surface area contributed by atoms with Gasteiger partial charge in [0.25, 0.3) is 0 Å². The molecule has 0 spiro atoms. The van der Waals surface area contributed by atoms with Gasteiger partial charge < -0.3 is 5.11 Å². The lowest BCUT2D eigenvalue weighted by Gasteiger charge is -2.24. The summed E-state index contributed by atoms with van der Waals surface area (Å²) in [5.41, 5.74) is 0. The molecule has 0 radical (unpaired) electrons. The summed E-state index contributed by atoms with van der Waals surface area (Å²) in [5.74, 6) is 0.442. The smallest absolute Gasteiger partial charge is 0.306 e. The zero-order valence-corrected chi connectivity index (χ0v) is 7.81. The Morgan fingerprint density at radius 2 is 2.14 bits per heavy atom. The molecule has 0 aliphatic heterocycles. The lowest BCUT2D eigenvalue weighted by atomic mass is 9.82. The molecule has 0 saturated heterocycles. The summed E-state index contributed by atoms with van der Waals surface area (Å²) in [5, 5.41) is 15.5. The molecule has 0 amide bonds. The summed E-state index contributed by atoms with van der Waals surface area (Å²) >= 11 is 0. The van der Waals surface area contributed by atoms with Crippen molar-refractivity contribution in [1.29, 1.82) is 0 Å². The van der Waals surface area contributed by atoms with Crippen LogP contribution in [0.5, 0.6) is 0 Å². The van der Waals surface area contributed by atoms with E-state index in [2.05, 4.69) is 15.2 Å². The number of nitrogens with one attached hydrogen (secondary N) is 1. The molecule has 1 aliphatic carbocycles. The molecule has 5 nitrogen and oxygen atoms in total. The topological polar surface area (TPSA) is 78.9 Å². The van der Waals surface area contributed by atoms with Gasteiger partial charge in [-0.15, -0.1) is 0 Å². The van der Waals surface area contributed by atoms with Gasteiger partial charge in [-0.1, -0.05) is 0 Å². The van der Waals surface area contributed by atoms with E-state index in [1.807, 2.05) is 0 Å². The third kappa shape index (κ3) is 1.76. The number of carboxylic acids is 1. The molecule has 76 valence electrons. The van der Waals surface area contributed by atoms with Crippen molar-refractivity contribution in [2.75, 3.05) is 0 Å². The number of rotatable bonds is 2. The summed E-state index contributed by atoms with van der Waals surface area (Å²) in [6.45, 7) is 0. The first-order chi connectivity index (χ1) is 6.77. The predicted octanol–water partition coefficient (Wildman–Crippen LogP) is 1.16. The molecule has 1 aromatic heterocycles. The van der Waals surface area contributed by atoms with Crippen LogP contribution in [0.3, 0.4) is 0 Å². The Labute approximate surface area is 81.6 Å². The maximum Gasteiger partial charge on any atom is 0.306 e. The third-order valence-electron chi connectivity index (χ3n) is 2.90. The van der Waals surface area contributed by atoms with Crippen LogP contribution in [-0.4, -0.2) is 26.3 Å². The van der Waals surface area contributed by atoms with Crippen LogP contribution in [0.25, 0.3) is 0 Å². The number of aromatic amines is 1. The second-order valence-electron chi connectivity index (χ2n) is 3.76. The second-order valence-corrected chi connectivity index (χ2v) is 3.76. The molecule has 0 aromatic carbocycles. The highest BCUT2D eigenvalue weighted by molar-refractivity contribution is 5.70. The Balaban J connectivity index is 1.93. The van der Waals surface area contributed by atoms with E-state index in [-0.39, 0.29) is 5.92 Å². The molecule has 0 atom stereocenters. The second kappa shape index (κ2) is 3.77. The first-order valence-electron chi connectivity index (χ1n) is 4.85. The summed E-state index contributed by atoms with van der Waals surface area (Å²) in [4.78, 5) is 14.8. The lowest BCUT2D eigenvalue weighted by molar-refractivity contribution is -0.142. The molecule has 1 fully saturated rings. The zero-order valence-electron chi connectivity index (χ0n) is 7.81. The maximum atomic E-state index is 10.7. The van der Waals surface area contributed by atoms with Crippen molar-refractivity contribution in [3.63, 3.8) is 0 Å². The molecule has 2 N–H and O–H groups in total. The highest BCUT2D eigenvalue weighted by Crippen LogP contribution is 2.33. The summed E-state index contributed by atoms with van der Waals surface area (Å²) in [6, 6.07) is 0. The van der Waals surface area contributed by atoms with Crippen LogP contribution >= 0.6 is 0 Å². The molecule has 2 rings (SSSR count). The molecular weight excluding hydrogens is 182 g/mol. The highest BCUT2D eigenvalue weighted by atomic mass is 16.4. The molecule has 1 saturated carbocycles. The van der Waals surface area contributed by atoms with E-state index in [9.17, 15) is 4.79 Å². The fourth-order valence-corrected chi connectivity index (χ4v) is 2.03. The van der Waals surface area contributed by atoms with E-state index >= 15 is 0 Å². The van der Waals surface area contributed by atoms with Crippen molar-refractivity contribution >= 4 is 5.97 Å². The molecule has 1 heterocycles. The first-order valence-corrected chi connectivity index (χ1v) is 4.85. The molecule has 1 aliphatic rings. The lowest BCUT2D eigenvalue weighted by Crippen LogP contribution is -2.21. The number of carbonyl (C=O) groups is 1. The van der Waals surface area contributed by atoms with Gasteiger partial charge in [-0.3, -0.25) is 9.89 Å². The number of aromatic nitrogens is 3. The number of carboxylic acid groups (broad SMARTS) is 1. The standard InChI is InChI=1S/C9H13N3O2/c13-9(14)7-3-1-6(2-4-7)8-10-5-11-12-8/h5-7H,1-4H2,(H,13,14)(H,10,11,12). The normalized spacial score (nSPS) is 27.4. The molecule has 0 unspecified atom stereocenters. The number of H-pyrrole nitrogens is 1. The fraction of sp³-hybridized carbons (Fsp3) is 0.667. The van der Waals surface area contributed by atoms with Gasteiger partial charge in [0.1, 0.15) is 12.2 Å². The number of hydrogen-bond acceptors (Lipinski definition) is 3. The van der Waals surface area contributed by atoms with Crippen LogP contribution in [0.1, 0.15) is 37.4 Å². The molecule has 5 heteroatoms. The van der Waals surface area contributed by atoms with E-state index in [4.69, 9.17) is 5.11 Å². The van der Waals surface area contributed by atoms with Crippen LogP contribution in [0, 0.1) is 5.92 Å². The molecule has 1 aromatic rings. The van der Waals surface area contributed by atoms with Crippen LogP contribution < -0.4 is 0 Å². The van der Waals surface area contributed by atoms with Crippen LogP contribution in [0.15, 0.2) is 6.33 Å². The minimum Gasteiger partial charge on any atom is -0.481 e. The Morgan fingerprint density at radius 3 is 2.64 bits per heavy atom. The number of aliphatic carboxylic acids is 1. The summed E-state index contributed by atoms with van der Waals surface area (Å²) < 4.78 is 0.